The van der Waals surface area contributed by atoms with Gasteiger partial charge in [0, 0.05) is 37.3 Å². The summed E-state index contributed by atoms with van der Waals surface area (Å²) in [6.07, 6.45) is 5.62. The summed E-state index contributed by atoms with van der Waals surface area (Å²) >= 11 is 0. The van der Waals surface area contributed by atoms with E-state index in [9.17, 15) is 14.7 Å². The molecule has 4 heterocycles. The largest absolute Gasteiger partial charge is 0.487 e. The number of fused-ring (bicyclic) bond motifs is 2. The molecule has 0 bridgehead atoms. The van der Waals surface area contributed by atoms with Crippen molar-refractivity contribution in [2.24, 2.45) is 0 Å². The molecule has 1 N–H and O–H groups in total. The van der Waals surface area contributed by atoms with Gasteiger partial charge in [0.25, 0.3) is 0 Å². The van der Waals surface area contributed by atoms with E-state index in [0.717, 1.165) is 49.2 Å². The van der Waals surface area contributed by atoms with Crippen LogP contribution in [0.15, 0.2) is 78.4 Å². The molecule has 7 rings (SSSR count). The van der Waals surface area contributed by atoms with Crippen molar-refractivity contribution in [1.82, 2.24) is 9.80 Å². The smallest absolute Gasteiger partial charge is 0.389 e. The number of likely N-dealkylation sites (tertiary alicyclic amines) is 1. The van der Waals surface area contributed by atoms with Crippen LogP contribution in [-0.2, 0) is 23.8 Å². The molecule has 240 valence electrons. The standard InChI is InChI=1S/C36H38N2O8/c39-31(21-37-14-12-27(13-15-37)29-9-8-26-4-1-2-5-28(26)19-29)23-42-32-7-3-6-30-18-25(22-43-35(30)32)20-38-16-17-44-36(24-38)45-33(40)10-11-34(41)46-36/h1-11,18-19,27,31,39H,12-17,20-24H2/t31-/m0/s1. The van der Waals surface area contributed by atoms with Gasteiger partial charge in [-0.2, -0.15) is 0 Å². The van der Waals surface area contributed by atoms with Crippen molar-refractivity contribution in [3.63, 3.8) is 0 Å². The predicted octanol–water partition coefficient (Wildman–Crippen LogP) is 3.88. The van der Waals surface area contributed by atoms with Gasteiger partial charge in [0.15, 0.2) is 11.5 Å². The number of rotatable bonds is 8. The molecule has 10 heteroatoms. The topological polar surface area (TPSA) is 107 Å². The maximum atomic E-state index is 12.0. The Balaban J connectivity index is 0.905. The number of piperidine rings is 1. The SMILES string of the molecule is O=C1C=CC(=O)OC2(CN(CC3=Cc4cccc(OC[C@@H](O)CN5CCC(c6ccc7ccccc7c6)CC5)c4OC3)CCO2)O1. The van der Waals surface area contributed by atoms with Crippen molar-refractivity contribution >= 4 is 28.8 Å². The van der Waals surface area contributed by atoms with Gasteiger partial charge in [-0.3, -0.25) is 4.90 Å². The van der Waals surface area contributed by atoms with Crippen molar-refractivity contribution in [3.8, 4) is 11.5 Å². The van der Waals surface area contributed by atoms with E-state index in [-0.39, 0.29) is 19.8 Å². The minimum atomic E-state index is -1.76. The van der Waals surface area contributed by atoms with E-state index in [2.05, 4.69) is 53.4 Å². The highest BCUT2D eigenvalue weighted by Crippen LogP contribution is 2.37. The Kier molecular flexibility index (Phi) is 8.77. The van der Waals surface area contributed by atoms with E-state index in [0.29, 0.717) is 43.7 Å². The monoisotopic (exact) mass is 626 g/mol. The van der Waals surface area contributed by atoms with Crippen LogP contribution < -0.4 is 9.47 Å². The molecule has 0 radical (unpaired) electrons. The van der Waals surface area contributed by atoms with Crippen molar-refractivity contribution < 1.29 is 38.4 Å². The third-order valence-corrected chi connectivity index (χ3v) is 8.94. The number of β-amino-alcohol motifs (C(OH)–C–C–N with tert-alkyl or cyclic N) is 1. The Labute approximate surface area is 267 Å². The second-order valence-corrected chi connectivity index (χ2v) is 12.3. The molecule has 4 aliphatic heterocycles. The van der Waals surface area contributed by atoms with Gasteiger partial charge >= 0.3 is 17.9 Å². The van der Waals surface area contributed by atoms with E-state index in [1.54, 1.807) is 0 Å². The normalized spacial score (nSPS) is 21.1. The van der Waals surface area contributed by atoms with Crippen LogP contribution in [0.2, 0.25) is 0 Å². The van der Waals surface area contributed by atoms with Crippen molar-refractivity contribution in [2.75, 3.05) is 59.1 Å². The lowest BCUT2D eigenvalue weighted by Gasteiger charge is -2.39. The third kappa shape index (κ3) is 6.95. The molecule has 0 aliphatic carbocycles. The maximum Gasteiger partial charge on any atom is 0.389 e. The van der Waals surface area contributed by atoms with E-state index in [1.807, 2.05) is 23.1 Å². The number of morpholine rings is 1. The van der Waals surface area contributed by atoms with Crippen molar-refractivity contribution in [2.45, 2.75) is 30.8 Å². The summed E-state index contributed by atoms with van der Waals surface area (Å²) in [5.74, 6) is -1.38. The van der Waals surface area contributed by atoms with Crippen LogP contribution in [0.25, 0.3) is 16.8 Å². The number of benzene rings is 3. The zero-order valence-corrected chi connectivity index (χ0v) is 25.6. The molecular formula is C36H38N2O8. The first-order valence-corrected chi connectivity index (χ1v) is 15.9. The van der Waals surface area contributed by atoms with Crippen molar-refractivity contribution in [1.29, 1.82) is 0 Å². The number of ether oxygens (including phenoxy) is 5. The predicted molar refractivity (Wildman–Crippen MR) is 170 cm³/mol. The number of nitrogens with zero attached hydrogens (tertiary/aromatic N) is 2. The molecule has 3 aromatic rings. The molecule has 10 nitrogen and oxygen atoms in total. The van der Waals surface area contributed by atoms with Crippen LogP contribution in [0.1, 0.15) is 29.9 Å². The van der Waals surface area contributed by atoms with Gasteiger partial charge in [-0.15, -0.1) is 0 Å². The third-order valence-electron chi connectivity index (χ3n) is 8.94. The fraction of sp³-hybridized carbons (Fsp3) is 0.389. The van der Waals surface area contributed by atoms with Crippen LogP contribution in [0.4, 0.5) is 0 Å². The Bertz CT molecular complexity index is 1640. The van der Waals surface area contributed by atoms with E-state index < -0.39 is 24.0 Å². The van der Waals surface area contributed by atoms with E-state index in [1.165, 1.54) is 16.3 Å². The summed E-state index contributed by atoms with van der Waals surface area (Å²) in [6.45, 7) is 4.34. The van der Waals surface area contributed by atoms with Crippen LogP contribution in [0.5, 0.6) is 11.5 Å². The molecule has 0 aromatic heterocycles. The summed E-state index contributed by atoms with van der Waals surface area (Å²) in [4.78, 5) is 28.2. The number of para-hydroxylation sites is 1. The number of esters is 2. The quantitative estimate of drug-likeness (QED) is 0.371. The van der Waals surface area contributed by atoms with Gasteiger partial charge in [0.2, 0.25) is 0 Å². The Morgan fingerprint density at radius 2 is 1.70 bits per heavy atom. The molecule has 2 saturated heterocycles. The molecule has 0 saturated carbocycles. The maximum absolute atomic E-state index is 12.0. The molecule has 0 amide bonds. The minimum Gasteiger partial charge on any atom is -0.487 e. The molecule has 0 unspecified atom stereocenters. The summed E-state index contributed by atoms with van der Waals surface area (Å²) in [7, 11) is 0. The molecule has 3 aromatic carbocycles. The first kappa shape index (κ1) is 30.4. The van der Waals surface area contributed by atoms with Crippen molar-refractivity contribution in [3.05, 3.63) is 89.5 Å². The number of aliphatic hydroxyl groups is 1. The lowest BCUT2D eigenvalue weighted by atomic mass is 9.88. The van der Waals surface area contributed by atoms with Gasteiger partial charge in [-0.1, -0.05) is 54.6 Å². The molecule has 46 heavy (non-hydrogen) atoms. The highest BCUT2D eigenvalue weighted by molar-refractivity contribution is 5.93. The van der Waals surface area contributed by atoms with Gasteiger partial charge in [-0.05, 0) is 65.9 Å². The van der Waals surface area contributed by atoms with E-state index in [4.69, 9.17) is 23.7 Å². The average Bonchev–Trinajstić information content (AvgIpc) is 3.20. The molecular weight excluding hydrogens is 588 g/mol. The fourth-order valence-corrected chi connectivity index (χ4v) is 6.69. The minimum absolute atomic E-state index is 0.0819. The van der Waals surface area contributed by atoms with Crippen LogP contribution >= 0.6 is 0 Å². The molecule has 4 aliphatic rings. The zero-order chi connectivity index (χ0) is 31.5. The average molecular weight is 627 g/mol. The van der Waals surface area contributed by atoms with E-state index >= 15 is 0 Å². The Morgan fingerprint density at radius 1 is 0.913 bits per heavy atom. The Hall–Kier alpha value is -4.22. The van der Waals surface area contributed by atoms with Gasteiger partial charge < -0.3 is 33.7 Å². The molecule has 2 fully saturated rings. The summed E-state index contributed by atoms with van der Waals surface area (Å²) in [5.41, 5.74) is 3.28. The second-order valence-electron chi connectivity index (χ2n) is 12.3. The number of carbonyl (C=O) groups is 2. The highest BCUT2D eigenvalue weighted by Gasteiger charge is 2.45. The number of aliphatic hydroxyl groups excluding tert-OH is 1. The lowest BCUT2D eigenvalue weighted by Crippen LogP contribution is -2.56. The Morgan fingerprint density at radius 3 is 2.50 bits per heavy atom. The van der Waals surface area contributed by atoms with Crippen LogP contribution in [0, 0.1) is 0 Å². The number of hydrogen-bond donors (Lipinski definition) is 1. The number of hydrogen-bond acceptors (Lipinski definition) is 10. The zero-order valence-electron chi connectivity index (χ0n) is 25.6. The first-order valence-electron chi connectivity index (χ1n) is 15.9. The van der Waals surface area contributed by atoms with Gasteiger partial charge in [0.05, 0.1) is 6.61 Å². The fourth-order valence-electron chi connectivity index (χ4n) is 6.69. The van der Waals surface area contributed by atoms with Crippen LogP contribution in [-0.4, -0.2) is 98.0 Å². The number of carbonyl (C=O) groups excluding carboxylic acids is 2. The van der Waals surface area contributed by atoms with Gasteiger partial charge in [0.1, 0.15) is 25.9 Å². The molecule has 1 spiro atoms. The summed E-state index contributed by atoms with van der Waals surface area (Å²) in [5, 5.41) is 13.4. The summed E-state index contributed by atoms with van der Waals surface area (Å²) < 4.78 is 28.4. The first-order chi connectivity index (χ1) is 22.4. The second kappa shape index (κ2) is 13.3. The molecule has 1 atom stereocenters. The van der Waals surface area contributed by atoms with Gasteiger partial charge in [-0.25, -0.2) is 9.59 Å². The lowest BCUT2D eigenvalue weighted by molar-refractivity contribution is -0.359. The van der Waals surface area contributed by atoms with Crippen LogP contribution in [0.3, 0.4) is 0 Å². The summed E-state index contributed by atoms with van der Waals surface area (Å²) in [6, 6.07) is 21.0. The highest BCUT2D eigenvalue weighted by atomic mass is 16.9.